The number of hydrogen-bond acceptors (Lipinski definition) is 4. The van der Waals surface area contributed by atoms with Crippen LogP contribution in [0.3, 0.4) is 0 Å². The summed E-state index contributed by atoms with van der Waals surface area (Å²) in [7, 11) is -7.36. The second-order valence-electron chi connectivity index (χ2n) is 10.1. The molecule has 0 aromatic carbocycles. The molecule has 4 unspecified atom stereocenters. The topological polar surface area (TPSA) is 80.9 Å². The standard InChI is InChI=1S/C10H26O2Si2.C6H14OSi.C4H12OSi/c1-9(2)13(5,11)7-8-14(6,12)10(3)4;1-5-8(4,7)6(2)3;1-4(2)6(3)5/h9-12H,7-8H2,1-6H3;5-7H,1H2,2-4H3;4-6H,1-3H3. The SMILES string of the molecule is C=C[Si](C)(O)C(C)C.CC(C)[SiH](C)O.CC(C)[Si](C)(O)CC[Si](C)(O)C(C)C. The Morgan fingerprint density at radius 1 is 0.750 bits per heavy atom. The molecular formula is C20H52O4Si4. The Kier molecular flexibility index (Phi) is 17.1. The average Bonchev–Trinajstić information content (AvgIpc) is 2.53. The highest BCUT2D eigenvalue weighted by molar-refractivity contribution is 6.78. The number of rotatable bonds is 8. The molecule has 0 aromatic heterocycles. The highest BCUT2D eigenvalue weighted by Gasteiger charge is 2.35. The Hall–Kier alpha value is 0.448. The van der Waals surface area contributed by atoms with Crippen LogP contribution in [0.4, 0.5) is 0 Å². The van der Waals surface area contributed by atoms with Crippen molar-refractivity contribution >= 4 is 34.0 Å². The van der Waals surface area contributed by atoms with Crippen LogP contribution in [0.1, 0.15) is 55.4 Å². The van der Waals surface area contributed by atoms with Gasteiger partial charge in [-0.05, 0) is 60.4 Å². The van der Waals surface area contributed by atoms with E-state index in [0.29, 0.717) is 22.2 Å². The molecule has 0 saturated heterocycles. The van der Waals surface area contributed by atoms with Crippen LogP contribution in [-0.2, 0) is 0 Å². The molecule has 0 saturated carbocycles. The van der Waals surface area contributed by atoms with Gasteiger partial charge >= 0.3 is 0 Å². The second-order valence-corrected chi connectivity index (χ2v) is 25.7. The molecule has 0 fully saturated rings. The van der Waals surface area contributed by atoms with E-state index in [0.717, 1.165) is 12.1 Å². The summed E-state index contributed by atoms with van der Waals surface area (Å²) in [5, 5.41) is 0. The van der Waals surface area contributed by atoms with E-state index in [1.807, 2.05) is 40.0 Å². The van der Waals surface area contributed by atoms with Crippen LogP contribution < -0.4 is 0 Å². The van der Waals surface area contributed by atoms with Crippen LogP contribution in [0.5, 0.6) is 0 Å². The molecule has 4 nitrogen and oxygen atoms in total. The fourth-order valence-electron chi connectivity index (χ4n) is 1.32. The Bertz CT molecular complexity index is 381. The third-order valence-electron chi connectivity index (χ3n) is 6.17. The third kappa shape index (κ3) is 16.3. The quantitative estimate of drug-likeness (QED) is 0.361. The molecule has 0 spiro atoms. The molecule has 0 heterocycles. The minimum Gasteiger partial charge on any atom is -0.435 e. The van der Waals surface area contributed by atoms with Crippen molar-refractivity contribution in [2.24, 2.45) is 0 Å². The summed E-state index contributed by atoms with van der Waals surface area (Å²) in [6, 6.07) is 1.70. The molecule has 4 N–H and O–H groups in total. The van der Waals surface area contributed by atoms with Gasteiger partial charge in [-0.1, -0.05) is 61.1 Å². The van der Waals surface area contributed by atoms with E-state index in [1.54, 1.807) is 5.70 Å². The van der Waals surface area contributed by atoms with E-state index < -0.39 is 34.0 Å². The Balaban J connectivity index is -0.000000376. The van der Waals surface area contributed by atoms with Crippen molar-refractivity contribution in [3.8, 4) is 0 Å². The van der Waals surface area contributed by atoms with Gasteiger partial charge in [0.2, 0.25) is 8.32 Å². The van der Waals surface area contributed by atoms with Crippen molar-refractivity contribution in [1.29, 1.82) is 0 Å². The lowest BCUT2D eigenvalue weighted by atomic mass is 10.6. The summed E-state index contributed by atoms with van der Waals surface area (Å²) in [5.74, 6) is 0. The maximum atomic E-state index is 10.2. The molecule has 0 aliphatic carbocycles. The molecular weight excluding hydrogens is 417 g/mol. The van der Waals surface area contributed by atoms with Gasteiger partial charge < -0.3 is 19.2 Å². The van der Waals surface area contributed by atoms with Gasteiger partial charge in [-0.25, -0.2) is 0 Å². The van der Waals surface area contributed by atoms with Gasteiger partial charge in [0.25, 0.3) is 0 Å². The van der Waals surface area contributed by atoms with Crippen LogP contribution in [0, 0.1) is 0 Å². The molecule has 172 valence electrons. The van der Waals surface area contributed by atoms with E-state index in [9.17, 15) is 14.4 Å². The molecule has 0 rings (SSSR count). The van der Waals surface area contributed by atoms with Crippen molar-refractivity contribution in [2.75, 3.05) is 0 Å². The zero-order valence-corrected chi connectivity index (χ0v) is 25.0. The fourth-order valence-corrected chi connectivity index (χ4v) is 6.99. The number of hydrogen-bond donors (Lipinski definition) is 4. The Labute approximate surface area is 181 Å². The van der Waals surface area contributed by atoms with E-state index in [2.05, 4.69) is 48.1 Å². The van der Waals surface area contributed by atoms with Crippen molar-refractivity contribution in [3.05, 3.63) is 12.3 Å². The summed E-state index contributed by atoms with van der Waals surface area (Å²) >= 11 is 0. The minimum absolute atomic E-state index is 0.388. The maximum Gasteiger partial charge on any atom is 0.211 e. The van der Waals surface area contributed by atoms with Gasteiger partial charge in [-0.2, -0.15) is 0 Å². The molecule has 0 aliphatic heterocycles. The van der Waals surface area contributed by atoms with Gasteiger partial charge in [0.15, 0.2) is 25.7 Å². The van der Waals surface area contributed by atoms with Crippen molar-refractivity contribution in [1.82, 2.24) is 0 Å². The van der Waals surface area contributed by atoms with Crippen LogP contribution in [0.15, 0.2) is 12.3 Å². The lowest BCUT2D eigenvalue weighted by molar-refractivity contribution is 0.503. The minimum atomic E-state index is -2.06. The van der Waals surface area contributed by atoms with Crippen molar-refractivity contribution in [2.45, 2.75) is 116 Å². The van der Waals surface area contributed by atoms with Crippen molar-refractivity contribution in [3.63, 3.8) is 0 Å². The highest BCUT2D eigenvalue weighted by Crippen LogP contribution is 2.30. The first kappa shape index (κ1) is 33.1. The van der Waals surface area contributed by atoms with Crippen molar-refractivity contribution < 1.29 is 19.2 Å². The highest BCUT2D eigenvalue weighted by atomic mass is 28.4. The van der Waals surface area contributed by atoms with Crippen LogP contribution in [0.25, 0.3) is 0 Å². The third-order valence-corrected chi connectivity index (χ3v) is 19.3. The van der Waals surface area contributed by atoms with Crippen LogP contribution in [0.2, 0.25) is 60.4 Å². The molecule has 8 heteroatoms. The summed E-state index contributed by atoms with van der Waals surface area (Å²) in [6.07, 6.45) is 0. The fraction of sp³-hybridized carbons (Fsp3) is 0.900. The van der Waals surface area contributed by atoms with E-state index in [1.165, 1.54) is 0 Å². The molecule has 28 heavy (non-hydrogen) atoms. The van der Waals surface area contributed by atoms with E-state index in [-0.39, 0.29) is 0 Å². The second kappa shape index (κ2) is 14.5. The van der Waals surface area contributed by atoms with Gasteiger partial charge in [0.1, 0.15) is 0 Å². The molecule has 0 amide bonds. The molecule has 0 bridgehead atoms. The van der Waals surface area contributed by atoms with Gasteiger partial charge in [-0.15, -0.1) is 6.58 Å². The zero-order chi connectivity index (χ0) is 23.5. The Morgan fingerprint density at radius 3 is 1.07 bits per heavy atom. The van der Waals surface area contributed by atoms with Gasteiger partial charge in [0, 0.05) is 0 Å². The summed E-state index contributed by atoms with van der Waals surface area (Å²) < 4.78 is 0. The molecule has 0 radical (unpaired) electrons. The van der Waals surface area contributed by atoms with E-state index in [4.69, 9.17) is 4.80 Å². The molecule has 4 atom stereocenters. The van der Waals surface area contributed by atoms with Gasteiger partial charge in [-0.3, -0.25) is 0 Å². The Morgan fingerprint density at radius 2 is 1.00 bits per heavy atom. The molecule has 0 aromatic rings. The zero-order valence-electron chi connectivity index (χ0n) is 20.9. The predicted molar refractivity (Wildman–Crippen MR) is 137 cm³/mol. The predicted octanol–water partition coefficient (Wildman–Crippen LogP) is 5.37. The summed E-state index contributed by atoms with van der Waals surface area (Å²) in [4.78, 5) is 38.6. The average molecular weight is 469 g/mol. The lowest BCUT2D eigenvalue weighted by Gasteiger charge is -2.30. The van der Waals surface area contributed by atoms with Crippen LogP contribution in [-0.4, -0.2) is 53.2 Å². The first-order valence-electron chi connectivity index (χ1n) is 10.7. The molecule has 0 aliphatic rings. The maximum absolute atomic E-state index is 10.2. The summed E-state index contributed by atoms with van der Waals surface area (Å²) in [6.45, 7) is 27.9. The van der Waals surface area contributed by atoms with Gasteiger partial charge in [0.05, 0.1) is 0 Å². The van der Waals surface area contributed by atoms with E-state index >= 15 is 0 Å². The van der Waals surface area contributed by atoms with Crippen LogP contribution >= 0.6 is 0 Å². The smallest absolute Gasteiger partial charge is 0.211 e. The first-order chi connectivity index (χ1) is 12.2. The lowest BCUT2D eigenvalue weighted by Crippen LogP contribution is -2.40. The monoisotopic (exact) mass is 468 g/mol. The first-order valence-corrected chi connectivity index (χ1v) is 21.1. The largest absolute Gasteiger partial charge is 0.435 e. The normalized spacial score (nSPS) is 19.0. The summed E-state index contributed by atoms with van der Waals surface area (Å²) in [5.41, 5.74) is 3.42.